The summed E-state index contributed by atoms with van der Waals surface area (Å²) in [5.74, 6) is -0.336. The van der Waals surface area contributed by atoms with Crippen LogP contribution in [0.2, 0.25) is 0 Å². The summed E-state index contributed by atoms with van der Waals surface area (Å²) >= 11 is 0. The van der Waals surface area contributed by atoms with Crippen molar-refractivity contribution < 1.29 is 37.8 Å². The molecule has 0 unspecified atom stereocenters. The van der Waals surface area contributed by atoms with E-state index >= 15 is 0 Å². The quantitative estimate of drug-likeness (QED) is 0.131. The summed E-state index contributed by atoms with van der Waals surface area (Å²) in [5.41, 5.74) is 1.31. The zero-order chi connectivity index (χ0) is 35.3. The van der Waals surface area contributed by atoms with E-state index in [0.29, 0.717) is 72.9 Å². The maximum atomic E-state index is 13.2. The maximum Gasteiger partial charge on any atom is 0.325 e. The summed E-state index contributed by atoms with van der Waals surface area (Å²) in [6, 6.07) is 17.8. The molecule has 6 rings (SSSR count). The van der Waals surface area contributed by atoms with Gasteiger partial charge in [-0.3, -0.25) is 24.2 Å². The number of aromatic nitrogens is 1. The molecule has 0 bridgehead atoms. The molecule has 1 aliphatic heterocycles. The molecular weight excluding hydrogens is 645 g/mol. The molecule has 1 aliphatic carbocycles. The lowest BCUT2D eigenvalue weighted by atomic mass is 9.95. The number of halogens is 1. The lowest BCUT2D eigenvalue weighted by Gasteiger charge is -2.33. The summed E-state index contributed by atoms with van der Waals surface area (Å²) in [6.45, 7) is 3.10. The number of piperidine rings is 1. The number of fused-ring (bicyclic) bond motifs is 1. The van der Waals surface area contributed by atoms with Crippen molar-refractivity contribution in [2.45, 2.75) is 32.6 Å². The highest BCUT2D eigenvalue weighted by Gasteiger charge is 2.56. The van der Waals surface area contributed by atoms with Gasteiger partial charge in [0.2, 0.25) is 17.7 Å². The summed E-state index contributed by atoms with van der Waals surface area (Å²) < 4.78 is 30.1. The third kappa shape index (κ3) is 7.61. The van der Waals surface area contributed by atoms with E-state index in [-0.39, 0.29) is 25.0 Å². The van der Waals surface area contributed by atoms with Crippen molar-refractivity contribution in [3.63, 3.8) is 0 Å². The van der Waals surface area contributed by atoms with E-state index in [1.807, 2.05) is 12.1 Å². The molecule has 0 radical (unpaired) electrons. The Balaban J connectivity index is 1.08. The van der Waals surface area contributed by atoms with Crippen molar-refractivity contribution in [2.24, 2.45) is 11.3 Å². The van der Waals surface area contributed by atoms with E-state index in [2.05, 4.69) is 25.8 Å². The zero-order valence-electron chi connectivity index (χ0n) is 27.8. The highest BCUT2D eigenvalue weighted by Crippen LogP contribution is 2.47. The molecule has 3 N–H and O–H groups in total. The second-order valence-electron chi connectivity index (χ2n) is 12.3. The molecule has 1 saturated carbocycles. The average molecular weight is 684 g/mol. The number of esters is 1. The number of amides is 3. The van der Waals surface area contributed by atoms with Crippen molar-refractivity contribution >= 4 is 51.7 Å². The van der Waals surface area contributed by atoms with E-state index in [0.717, 1.165) is 11.1 Å². The van der Waals surface area contributed by atoms with Crippen LogP contribution in [0.15, 0.2) is 72.9 Å². The predicted molar refractivity (Wildman–Crippen MR) is 185 cm³/mol. The van der Waals surface area contributed by atoms with Crippen LogP contribution in [0.5, 0.6) is 17.2 Å². The fraction of sp³-hybridized carbons (Fsp3) is 0.324. The smallest absolute Gasteiger partial charge is 0.325 e. The van der Waals surface area contributed by atoms with Crippen LogP contribution in [0, 0.1) is 17.2 Å². The summed E-state index contributed by atoms with van der Waals surface area (Å²) in [7, 11) is 1.60. The van der Waals surface area contributed by atoms with Crippen molar-refractivity contribution in [3.05, 3.63) is 78.7 Å². The molecule has 1 saturated heterocycles. The summed E-state index contributed by atoms with van der Waals surface area (Å²) in [4.78, 5) is 56.9. The largest absolute Gasteiger partial charge is 0.495 e. The maximum absolute atomic E-state index is 13.2. The number of anilines is 3. The predicted octanol–water partition coefficient (Wildman–Crippen LogP) is 5.43. The van der Waals surface area contributed by atoms with Gasteiger partial charge in [-0.2, -0.15) is 0 Å². The molecule has 12 nitrogen and oxygen atoms in total. The second kappa shape index (κ2) is 14.8. The van der Waals surface area contributed by atoms with Crippen LogP contribution in [0.4, 0.5) is 21.5 Å². The van der Waals surface area contributed by atoms with Gasteiger partial charge in [-0.15, -0.1) is 0 Å². The molecular formula is C37H38FN5O7. The normalized spacial score (nSPS) is 15.1. The van der Waals surface area contributed by atoms with E-state index in [1.54, 1.807) is 50.6 Å². The number of nitrogens with zero attached hydrogens (tertiary/aromatic N) is 2. The average Bonchev–Trinajstić information content (AvgIpc) is 3.95. The molecule has 2 fully saturated rings. The van der Waals surface area contributed by atoms with Crippen molar-refractivity contribution in [1.29, 1.82) is 0 Å². The third-order valence-electron chi connectivity index (χ3n) is 8.98. The standard InChI is InChI=1S/C37H38FN5O7/c1-3-49-33(44)22-40-34(45)23-13-18-43(19-14-23)30-21-29-28(20-32(30)48-2)31(12-17-39-29)50-27-10-8-26(9-11-27)42-36(47)37(15-16-37)35(46)41-25-6-4-24(38)5-7-25/h4-12,17,20-21,23H,3,13-16,18-19,22H2,1-2H3,(H,40,45)(H,41,46)(H,42,47). The molecule has 2 heterocycles. The van der Waals surface area contributed by atoms with Gasteiger partial charge in [0.05, 0.1) is 24.9 Å². The van der Waals surface area contributed by atoms with Crippen molar-refractivity contribution in [2.75, 3.05) is 48.9 Å². The summed E-state index contributed by atoms with van der Waals surface area (Å²) in [6.07, 6.45) is 3.73. The number of hydrogen-bond acceptors (Lipinski definition) is 9. The van der Waals surface area contributed by atoms with Crippen LogP contribution in [-0.2, 0) is 23.9 Å². The van der Waals surface area contributed by atoms with Crippen LogP contribution >= 0.6 is 0 Å². The van der Waals surface area contributed by atoms with E-state index in [4.69, 9.17) is 14.2 Å². The Morgan fingerprint density at radius 1 is 0.900 bits per heavy atom. The van der Waals surface area contributed by atoms with Gasteiger partial charge in [0.1, 0.15) is 35.0 Å². The first-order valence-electron chi connectivity index (χ1n) is 16.5. The number of benzene rings is 3. The minimum Gasteiger partial charge on any atom is -0.495 e. The van der Waals surface area contributed by atoms with Gasteiger partial charge in [-0.25, -0.2) is 4.39 Å². The molecule has 50 heavy (non-hydrogen) atoms. The van der Waals surface area contributed by atoms with Gasteiger partial charge in [0.25, 0.3) is 0 Å². The number of methoxy groups -OCH3 is 1. The number of ether oxygens (including phenoxy) is 3. The fourth-order valence-corrected chi connectivity index (χ4v) is 5.98. The molecule has 1 aromatic heterocycles. The van der Waals surface area contributed by atoms with Crippen LogP contribution < -0.4 is 30.3 Å². The number of carbonyl (C=O) groups excluding carboxylic acids is 4. The van der Waals surface area contributed by atoms with Gasteiger partial charge in [0, 0.05) is 42.0 Å². The SMILES string of the molecule is CCOC(=O)CNC(=O)C1CCN(c2cc3nccc(Oc4ccc(NC(=O)C5(C(=O)Nc6ccc(F)cc6)CC5)cc4)c3cc2OC)CC1. The minimum atomic E-state index is -1.17. The molecule has 0 spiro atoms. The van der Waals surface area contributed by atoms with Gasteiger partial charge < -0.3 is 35.1 Å². The number of nitrogens with one attached hydrogen (secondary N) is 3. The van der Waals surface area contributed by atoms with Crippen LogP contribution in [0.3, 0.4) is 0 Å². The van der Waals surface area contributed by atoms with E-state index in [9.17, 15) is 23.6 Å². The molecule has 2 aliphatic rings. The highest BCUT2D eigenvalue weighted by atomic mass is 19.1. The number of carbonyl (C=O) groups is 4. The molecule has 3 amide bonds. The third-order valence-corrected chi connectivity index (χ3v) is 8.98. The number of pyridine rings is 1. The van der Waals surface area contributed by atoms with Crippen LogP contribution in [0.25, 0.3) is 10.9 Å². The lowest BCUT2D eigenvalue weighted by molar-refractivity contribution is -0.144. The van der Waals surface area contributed by atoms with Crippen LogP contribution in [0.1, 0.15) is 32.6 Å². The van der Waals surface area contributed by atoms with Gasteiger partial charge in [0.15, 0.2) is 0 Å². The van der Waals surface area contributed by atoms with Gasteiger partial charge >= 0.3 is 5.97 Å². The van der Waals surface area contributed by atoms with Crippen molar-refractivity contribution in [3.8, 4) is 17.2 Å². The first kappa shape index (κ1) is 34.2. The Kier molecular flexibility index (Phi) is 10.1. The van der Waals surface area contributed by atoms with Gasteiger partial charge in [-0.05, 0) is 99.3 Å². The molecule has 13 heteroatoms. The Labute approximate surface area is 288 Å². The minimum absolute atomic E-state index is 0.135. The number of hydrogen-bond donors (Lipinski definition) is 3. The summed E-state index contributed by atoms with van der Waals surface area (Å²) in [5, 5.41) is 8.95. The lowest BCUT2D eigenvalue weighted by Crippen LogP contribution is -2.42. The Hall–Kier alpha value is -5.72. The zero-order valence-corrected chi connectivity index (χ0v) is 27.8. The number of rotatable bonds is 12. The molecule has 4 aromatic rings. The molecule has 3 aromatic carbocycles. The first-order chi connectivity index (χ1) is 24.2. The fourth-order valence-electron chi connectivity index (χ4n) is 5.98. The van der Waals surface area contributed by atoms with E-state index in [1.165, 1.54) is 24.3 Å². The van der Waals surface area contributed by atoms with Gasteiger partial charge in [-0.1, -0.05) is 0 Å². The van der Waals surface area contributed by atoms with E-state index < -0.39 is 29.0 Å². The van der Waals surface area contributed by atoms with Crippen molar-refractivity contribution in [1.82, 2.24) is 10.3 Å². The Bertz CT molecular complexity index is 1890. The Morgan fingerprint density at radius 3 is 2.14 bits per heavy atom. The van der Waals surface area contributed by atoms with Crippen LogP contribution in [-0.4, -0.2) is 62.0 Å². The monoisotopic (exact) mass is 683 g/mol. The molecule has 0 atom stereocenters. The topological polar surface area (TPSA) is 148 Å². The Morgan fingerprint density at radius 2 is 1.54 bits per heavy atom. The molecule has 260 valence electrons. The second-order valence-corrected chi connectivity index (χ2v) is 12.3. The highest BCUT2D eigenvalue weighted by molar-refractivity contribution is 6.16. The first-order valence-corrected chi connectivity index (χ1v) is 16.5.